The van der Waals surface area contributed by atoms with Crippen LogP contribution in [0.1, 0.15) is 26.2 Å². The van der Waals surface area contributed by atoms with Crippen molar-refractivity contribution >= 4 is 9.84 Å². The summed E-state index contributed by atoms with van der Waals surface area (Å²) in [5, 5.41) is -0.521. The zero-order chi connectivity index (χ0) is 11.0. The van der Waals surface area contributed by atoms with Gasteiger partial charge in [-0.15, -0.1) is 13.2 Å². The van der Waals surface area contributed by atoms with Crippen molar-refractivity contribution in [2.24, 2.45) is 0 Å². The predicted molar refractivity (Wildman–Crippen MR) is 61.8 cm³/mol. The summed E-state index contributed by atoms with van der Waals surface area (Å²) in [5.41, 5.74) is 0. The molecular weight excluding hydrogens is 196 g/mol. The Kier molecular flexibility index (Phi) is 6.54. The molecule has 0 aromatic carbocycles. The molecule has 0 aliphatic rings. The largest absolute Gasteiger partial charge is 0.228 e. The Morgan fingerprint density at radius 2 is 2.00 bits per heavy atom. The molecule has 14 heavy (non-hydrogen) atoms. The molecule has 0 rings (SSSR count). The molecular formula is C11H19O2S. The van der Waals surface area contributed by atoms with Crippen LogP contribution in [0, 0.1) is 6.42 Å². The first-order valence-electron chi connectivity index (χ1n) is 4.86. The molecule has 0 aliphatic carbocycles. The summed E-state index contributed by atoms with van der Waals surface area (Å²) < 4.78 is 23.2. The van der Waals surface area contributed by atoms with E-state index in [2.05, 4.69) is 20.1 Å². The maximum absolute atomic E-state index is 11.6. The van der Waals surface area contributed by atoms with Crippen LogP contribution in [0.25, 0.3) is 0 Å². The molecule has 1 atom stereocenters. The first kappa shape index (κ1) is 13.4. The van der Waals surface area contributed by atoms with Crippen molar-refractivity contribution in [2.45, 2.75) is 31.4 Å². The summed E-state index contributed by atoms with van der Waals surface area (Å²) >= 11 is 0. The lowest BCUT2D eigenvalue weighted by molar-refractivity contribution is 0.593. The van der Waals surface area contributed by atoms with Crippen LogP contribution in [0.4, 0.5) is 0 Å². The van der Waals surface area contributed by atoms with E-state index in [1.54, 1.807) is 0 Å². The monoisotopic (exact) mass is 215 g/mol. The molecule has 81 valence electrons. The second kappa shape index (κ2) is 6.82. The summed E-state index contributed by atoms with van der Waals surface area (Å²) in [6, 6.07) is 0. The molecule has 0 spiro atoms. The van der Waals surface area contributed by atoms with Gasteiger partial charge in [-0.3, -0.25) is 0 Å². The molecule has 2 nitrogen and oxygen atoms in total. The molecule has 0 aromatic rings. The number of rotatable bonds is 8. The molecule has 1 radical (unpaired) electrons. The van der Waals surface area contributed by atoms with Gasteiger partial charge in [0.1, 0.15) is 0 Å². The molecule has 0 heterocycles. The zero-order valence-corrected chi connectivity index (χ0v) is 9.59. The van der Waals surface area contributed by atoms with Crippen LogP contribution < -0.4 is 0 Å². The molecule has 0 N–H and O–H groups in total. The third kappa shape index (κ3) is 4.61. The normalized spacial score (nSPS) is 13.5. The van der Waals surface area contributed by atoms with Crippen LogP contribution in [0.2, 0.25) is 0 Å². The first-order valence-corrected chi connectivity index (χ1v) is 6.58. The van der Waals surface area contributed by atoms with Crippen LogP contribution in [0.15, 0.2) is 25.3 Å². The van der Waals surface area contributed by atoms with Crippen molar-refractivity contribution in [3.63, 3.8) is 0 Å². The highest BCUT2D eigenvalue weighted by molar-refractivity contribution is 7.92. The fourth-order valence-corrected chi connectivity index (χ4v) is 2.42. The van der Waals surface area contributed by atoms with Crippen molar-refractivity contribution in [2.75, 3.05) is 5.75 Å². The van der Waals surface area contributed by atoms with Crippen LogP contribution in [-0.2, 0) is 9.84 Å². The SMILES string of the molecule is C=CCS(=O)(=O)C([CH]CCCC)C=C. The minimum Gasteiger partial charge on any atom is -0.228 e. The minimum absolute atomic E-state index is 0.0202. The Balaban J connectivity index is 4.25. The molecule has 3 heteroatoms. The van der Waals surface area contributed by atoms with Gasteiger partial charge in [-0.2, -0.15) is 0 Å². The Morgan fingerprint density at radius 1 is 1.36 bits per heavy atom. The summed E-state index contributed by atoms with van der Waals surface area (Å²) in [4.78, 5) is 0. The van der Waals surface area contributed by atoms with E-state index in [1.807, 2.05) is 6.42 Å². The lowest BCUT2D eigenvalue weighted by Crippen LogP contribution is -2.21. The molecule has 0 amide bonds. The van der Waals surface area contributed by atoms with Crippen LogP contribution in [-0.4, -0.2) is 19.4 Å². The Hall–Kier alpha value is -0.570. The van der Waals surface area contributed by atoms with Crippen molar-refractivity contribution in [3.8, 4) is 0 Å². The van der Waals surface area contributed by atoms with Gasteiger partial charge in [0.15, 0.2) is 9.84 Å². The van der Waals surface area contributed by atoms with Crippen LogP contribution in [0.3, 0.4) is 0 Å². The minimum atomic E-state index is -3.09. The Bertz CT molecular complexity index is 265. The van der Waals surface area contributed by atoms with E-state index >= 15 is 0 Å². The average Bonchev–Trinajstić information content (AvgIpc) is 2.12. The molecule has 0 fully saturated rings. The molecule has 0 saturated heterocycles. The molecule has 0 aliphatic heterocycles. The predicted octanol–water partition coefficient (Wildman–Crippen LogP) is 2.54. The van der Waals surface area contributed by atoms with Gasteiger partial charge in [0.25, 0.3) is 0 Å². The van der Waals surface area contributed by atoms with E-state index in [1.165, 1.54) is 12.2 Å². The summed E-state index contributed by atoms with van der Waals surface area (Å²) in [5.74, 6) is 0.0202. The van der Waals surface area contributed by atoms with Crippen molar-refractivity contribution < 1.29 is 8.42 Å². The van der Waals surface area contributed by atoms with Gasteiger partial charge in [-0.1, -0.05) is 31.9 Å². The lowest BCUT2D eigenvalue weighted by Gasteiger charge is -2.11. The van der Waals surface area contributed by atoms with E-state index in [0.717, 1.165) is 19.3 Å². The maximum atomic E-state index is 11.6. The van der Waals surface area contributed by atoms with E-state index < -0.39 is 15.1 Å². The van der Waals surface area contributed by atoms with Gasteiger partial charge < -0.3 is 0 Å². The molecule has 1 unspecified atom stereocenters. The third-order valence-electron chi connectivity index (χ3n) is 1.95. The van der Waals surface area contributed by atoms with Crippen molar-refractivity contribution in [3.05, 3.63) is 31.7 Å². The van der Waals surface area contributed by atoms with Gasteiger partial charge in [-0.25, -0.2) is 8.42 Å². The highest BCUT2D eigenvalue weighted by Gasteiger charge is 2.20. The average molecular weight is 215 g/mol. The summed E-state index contributed by atoms with van der Waals surface area (Å²) in [6.07, 6.45) is 7.63. The summed E-state index contributed by atoms with van der Waals surface area (Å²) in [7, 11) is -3.09. The number of unbranched alkanes of at least 4 members (excludes halogenated alkanes) is 2. The van der Waals surface area contributed by atoms with Gasteiger partial charge in [0.2, 0.25) is 0 Å². The van der Waals surface area contributed by atoms with E-state index in [-0.39, 0.29) is 5.75 Å². The van der Waals surface area contributed by atoms with Crippen molar-refractivity contribution in [1.29, 1.82) is 0 Å². The highest BCUT2D eigenvalue weighted by Crippen LogP contribution is 2.12. The standard InChI is InChI=1S/C11H19O2S/c1-4-7-8-9-11(6-3)14(12,13)10-5-2/h5-6,9,11H,2-4,7-8,10H2,1H3. The van der Waals surface area contributed by atoms with Crippen LogP contribution >= 0.6 is 0 Å². The first-order chi connectivity index (χ1) is 6.58. The summed E-state index contributed by atoms with van der Waals surface area (Å²) in [6.45, 7) is 9.05. The van der Waals surface area contributed by atoms with Crippen LogP contribution in [0.5, 0.6) is 0 Å². The molecule has 0 bridgehead atoms. The fourth-order valence-electron chi connectivity index (χ4n) is 1.15. The van der Waals surface area contributed by atoms with Gasteiger partial charge in [0, 0.05) is 0 Å². The number of hydrogen-bond acceptors (Lipinski definition) is 2. The quantitative estimate of drug-likeness (QED) is 0.460. The second-order valence-corrected chi connectivity index (χ2v) is 5.40. The number of sulfone groups is 1. The third-order valence-corrected chi connectivity index (χ3v) is 3.87. The van der Waals surface area contributed by atoms with E-state index in [9.17, 15) is 8.42 Å². The second-order valence-electron chi connectivity index (χ2n) is 3.20. The van der Waals surface area contributed by atoms with E-state index in [0.29, 0.717) is 0 Å². The van der Waals surface area contributed by atoms with Gasteiger partial charge in [0.05, 0.1) is 11.0 Å². The Labute approximate surface area is 87.6 Å². The highest BCUT2D eigenvalue weighted by atomic mass is 32.2. The Morgan fingerprint density at radius 3 is 2.43 bits per heavy atom. The topological polar surface area (TPSA) is 34.1 Å². The number of hydrogen-bond donors (Lipinski definition) is 0. The maximum Gasteiger partial charge on any atom is 0.160 e. The lowest BCUT2D eigenvalue weighted by atomic mass is 10.1. The fraction of sp³-hybridized carbons (Fsp3) is 0.545. The van der Waals surface area contributed by atoms with Gasteiger partial charge in [-0.05, 0) is 12.8 Å². The van der Waals surface area contributed by atoms with E-state index in [4.69, 9.17) is 0 Å². The molecule has 0 saturated carbocycles. The van der Waals surface area contributed by atoms with Crippen molar-refractivity contribution in [1.82, 2.24) is 0 Å². The smallest absolute Gasteiger partial charge is 0.160 e. The molecule has 0 aromatic heterocycles. The zero-order valence-electron chi connectivity index (χ0n) is 8.78. The van der Waals surface area contributed by atoms with Gasteiger partial charge >= 0.3 is 0 Å².